The lowest BCUT2D eigenvalue weighted by atomic mass is 9.95. The molecule has 0 aliphatic carbocycles. The molecule has 0 radical (unpaired) electrons. The lowest BCUT2D eigenvalue weighted by Crippen LogP contribution is -2.38. The van der Waals surface area contributed by atoms with Crippen molar-refractivity contribution in [3.8, 4) is 11.4 Å². The maximum absolute atomic E-state index is 12.7. The lowest BCUT2D eigenvalue weighted by molar-refractivity contribution is 0.192. The summed E-state index contributed by atoms with van der Waals surface area (Å²) >= 11 is 0. The molecule has 4 heterocycles. The molecule has 0 unspecified atom stereocenters. The summed E-state index contributed by atoms with van der Waals surface area (Å²) in [7, 11) is 0. The molecule has 4 rings (SSSR count). The highest BCUT2D eigenvalue weighted by atomic mass is 16.5. The maximum atomic E-state index is 12.7. The number of rotatable bonds is 3. The highest BCUT2D eigenvalue weighted by Crippen LogP contribution is 2.25. The van der Waals surface area contributed by atoms with Crippen LogP contribution in [0.2, 0.25) is 0 Å². The number of carbonyl (C=O) groups excluding carboxylic acids is 1. The second-order valence-corrected chi connectivity index (χ2v) is 8.14. The summed E-state index contributed by atoms with van der Waals surface area (Å²) in [5.41, 5.74) is 2.48. The molecule has 150 valence electrons. The zero-order chi connectivity index (χ0) is 20.6. The normalized spacial score (nSPS) is 14.6. The van der Waals surface area contributed by atoms with E-state index in [2.05, 4.69) is 51.2 Å². The number of fused-ring (bicyclic) bond motifs is 1. The summed E-state index contributed by atoms with van der Waals surface area (Å²) < 4.78 is 5.31. The Morgan fingerprint density at radius 1 is 1.24 bits per heavy atom. The third-order valence-electron chi connectivity index (χ3n) is 4.69. The summed E-state index contributed by atoms with van der Waals surface area (Å²) in [5, 5.41) is 6.88. The average molecular weight is 393 g/mol. The van der Waals surface area contributed by atoms with Gasteiger partial charge in [0, 0.05) is 35.1 Å². The molecular formula is C20H23N7O2. The minimum atomic E-state index is -0.430. The molecule has 9 nitrogen and oxygen atoms in total. The lowest BCUT2D eigenvalue weighted by Gasteiger charge is -2.18. The second kappa shape index (κ2) is 7.23. The molecule has 9 heteroatoms. The Bertz CT molecular complexity index is 1030. The fraction of sp³-hybridized carbons (Fsp3) is 0.400. The van der Waals surface area contributed by atoms with Crippen LogP contribution in [0.25, 0.3) is 11.4 Å². The van der Waals surface area contributed by atoms with Crippen LogP contribution >= 0.6 is 0 Å². The first-order valence-corrected chi connectivity index (χ1v) is 9.46. The van der Waals surface area contributed by atoms with Crippen molar-refractivity contribution in [3.63, 3.8) is 0 Å². The van der Waals surface area contributed by atoms with Gasteiger partial charge < -0.3 is 14.7 Å². The molecule has 0 aromatic carbocycles. The average Bonchev–Trinajstić information content (AvgIpc) is 3.34. The first-order chi connectivity index (χ1) is 13.8. The number of nitrogens with one attached hydrogen (secondary N) is 1. The van der Waals surface area contributed by atoms with Gasteiger partial charge in [0.1, 0.15) is 11.9 Å². The molecule has 0 saturated heterocycles. The molecule has 1 aliphatic heterocycles. The van der Waals surface area contributed by atoms with Crippen molar-refractivity contribution in [2.75, 3.05) is 0 Å². The van der Waals surface area contributed by atoms with Gasteiger partial charge in [-0.15, -0.1) is 0 Å². The van der Waals surface area contributed by atoms with Crippen LogP contribution in [-0.2, 0) is 18.5 Å². The number of amides is 2. The monoisotopic (exact) mass is 393 g/mol. The predicted molar refractivity (Wildman–Crippen MR) is 104 cm³/mol. The molecule has 1 atom stereocenters. The van der Waals surface area contributed by atoms with E-state index in [1.165, 1.54) is 0 Å². The molecule has 0 spiro atoms. The molecule has 1 N–H and O–H groups in total. The van der Waals surface area contributed by atoms with Gasteiger partial charge in [-0.1, -0.05) is 25.9 Å². The number of aromatic nitrogens is 5. The van der Waals surface area contributed by atoms with Gasteiger partial charge in [-0.3, -0.25) is 4.98 Å². The first-order valence-electron chi connectivity index (χ1n) is 9.46. The fourth-order valence-corrected chi connectivity index (χ4v) is 3.02. The molecule has 0 fully saturated rings. The van der Waals surface area contributed by atoms with E-state index in [0.717, 1.165) is 22.6 Å². The minimum Gasteiger partial charge on any atom is -0.337 e. The Hall–Kier alpha value is -3.36. The van der Waals surface area contributed by atoms with Crippen LogP contribution in [0, 0.1) is 0 Å². The fourth-order valence-electron chi connectivity index (χ4n) is 3.02. The van der Waals surface area contributed by atoms with Crippen LogP contribution in [-0.4, -0.2) is 36.0 Å². The summed E-state index contributed by atoms with van der Waals surface area (Å²) in [6.07, 6.45) is 5.15. The number of nitrogens with zero attached hydrogens (tertiary/aromatic N) is 6. The Morgan fingerprint density at radius 3 is 2.79 bits per heavy atom. The Morgan fingerprint density at radius 2 is 2.07 bits per heavy atom. The van der Waals surface area contributed by atoms with E-state index in [1.54, 1.807) is 30.3 Å². The maximum Gasteiger partial charge on any atom is 0.318 e. The zero-order valence-electron chi connectivity index (χ0n) is 16.9. The molecule has 29 heavy (non-hydrogen) atoms. The third-order valence-corrected chi connectivity index (χ3v) is 4.69. The quantitative estimate of drug-likeness (QED) is 0.728. The minimum absolute atomic E-state index is 0.136. The first kappa shape index (κ1) is 19.0. The van der Waals surface area contributed by atoms with Gasteiger partial charge in [-0.2, -0.15) is 4.98 Å². The van der Waals surface area contributed by atoms with Crippen LogP contribution in [0.4, 0.5) is 4.79 Å². The molecule has 2 amide bonds. The van der Waals surface area contributed by atoms with Crippen LogP contribution < -0.4 is 5.32 Å². The van der Waals surface area contributed by atoms with Crippen LogP contribution in [0.1, 0.15) is 56.7 Å². The van der Waals surface area contributed by atoms with E-state index < -0.39 is 6.04 Å². The van der Waals surface area contributed by atoms with Crippen LogP contribution in [0.5, 0.6) is 0 Å². The molecule has 0 bridgehead atoms. The SMILES string of the molecule is C[C@H](NC(=O)N1Cc2cnc(C(C)(C)C)nc2C1)c1nc(-c2cccnc2)no1. The summed E-state index contributed by atoms with van der Waals surface area (Å²) in [5.74, 6) is 1.55. The van der Waals surface area contributed by atoms with Crippen LogP contribution in [0.15, 0.2) is 35.2 Å². The molecule has 3 aromatic rings. The van der Waals surface area contributed by atoms with Crippen molar-refractivity contribution in [3.05, 3.63) is 53.7 Å². The van der Waals surface area contributed by atoms with Crippen molar-refractivity contribution >= 4 is 6.03 Å². The van der Waals surface area contributed by atoms with Gasteiger partial charge >= 0.3 is 6.03 Å². The molecule has 0 saturated carbocycles. The number of hydrogen-bond donors (Lipinski definition) is 1. The van der Waals surface area contributed by atoms with Gasteiger partial charge in [0.05, 0.1) is 18.8 Å². The van der Waals surface area contributed by atoms with E-state index in [0.29, 0.717) is 24.8 Å². The van der Waals surface area contributed by atoms with Gasteiger partial charge in [-0.05, 0) is 19.1 Å². The standard InChI is InChI=1S/C20H23N7O2/c1-12(17-25-16(26-29-17)13-6-5-7-21-8-13)23-19(28)27-10-14-9-22-18(20(2,3)4)24-15(14)11-27/h5-9,12H,10-11H2,1-4H3,(H,23,28)/t12-/m0/s1. The second-order valence-electron chi connectivity index (χ2n) is 8.14. The molecule has 1 aliphatic rings. The largest absolute Gasteiger partial charge is 0.337 e. The molecular weight excluding hydrogens is 370 g/mol. The number of urea groups is 1. The smallest absolute Gasteiger partial charge is 0.318 e. The van der Waals surface area contributed by atoms with Gasteiger partial charge in [-0.25, -0.2) is 14.8 Å². The van der Waals surface area contributed by atoms with E-state index >= 15 is 0 Å². The van der Waals surface area contributed by atoms with Crippen molar-refractivity contribution < 1.29 is 9.32 Å². The Balaban J connectivity index is 1.41. The van der Waals surface area contributed by atoms with Gasteiger partial charge in [0.25, 0.3) is 0 Å². The van der Waals surface area contributed by atoms with Crippen molar-refractivity contribution in [1.29, 1.82) is 0 Å². The van der Waals surface area contributed by atoms with Crippen LogP contribution in [0.3, 0.4) is 0 Å². The van der Waals surface area contributed by atoms with E-state index in [-0.39, 0.29) is 11.4 Å². The van der Waals surface area contributed by atoms with E-state index in [1.807, 2.05) is 12.3 Å². The zero-order valence-corrected chi connectivity index (χ0v) is 16.9. The Labute approximate surface area is 168 Å². The predicted octanol–water partition coefficient (Wildman–Crippen LogP) is 3.01. The topological polar surface area (TPSA) is 110 Å². The third kappa shape index (κ3) is 3.94. The highest BCUT2D eigenvalue weighted by molar-refractivity contribution is 5.75. The van der Waals surface area contributed by atoms with E-state index in [9.17, 15) is 4.79 Å². The summed E-state index contributed by atoms with van der Waals surface area (Å²) in [4.78, 5) is 31.9. The number of hydrogen-bond acceptors (Lipinski definition) is 7. The highest BCUT2D eigenvalue weighted by Gasteiger charge is 2.29. The summed E-state index contributed by atoms with van der Waals surface area (Å²) in [6, 6.07) is 3.00. The van der Waals surface area contributed by atoms with Crippen molar-refractivity contribution in [1.82, 2.24) is 35.3 Å². The summed E-state index contributed by atoms with van der Waals surface area (Å²) in [6.45, 7) is 8.94. The van der Waals surface area contributed by atoms with E-state index in [4.69, 9.17) is 4.52 Å². The Kier molecular flexibility index (Phi) is 4.73. The van der Waals surface area contributed by atoms with Crippen molar-refractivity contribution in [2.24, 2.45) is 0 Å². The van der Waals surface area contributed by atoms with Gasteiger partial charge in [0.2, 0.25) is 11.7 Å². The van der Waals surface area contributed by atoms with Gasteiger partial charge in [0.15, 0.2) is 0 Å². The number of pyridine rings is 1. The number of carbonyl (C=O) groups is 1. The van der Waals surface area contributed by atoms with Crippen molar-refractivity contribution in [2.45, 2.75) is 52.2 Å². The molecule has 3 aromatic heterocycles.